The van der Waals surface area contributed by atoms with Crippen LogP contribution in [0.4, 0.5) is 0 Å². The smallest absolute Gasteiger partial charge is 0.115 e. The summed E-state index contributed by atoms with van der Waals surface area (Å²) in [5.74, 6) is 0.407. The van der Waals surface area contributed by atoms with Gasteiger partial charge in [0.25, 0.3) is 0 Å². The maximum Gasteiger partial charge on any atom is 0.115 e. The van der Waals surface area contributed by atoms with Gasteiger partial charge in [-0.15, -0.1) is 17.0 Å². The first kappa shape index (κ1) is 22.5. The van der Waals surface area contributed by atoms with Gasteiger partial charge < -0.3 is 10.4 Å². The molecule has 1 aromatic rings. The highest BCUT2D eigenvalue weighted by molar-refractivity contribution is 8.93. The Morgan fingerprint density at radius 2 is 1.56 bits per heavy atom. The van der Waals surface area contributed by atoms with Gasteiger partial charge in [0.2, 0.25) is 0 Å². The van der Waals surface area contributed by atoms with Crippen molar-refractivity contribution in [3.05, 3.63) is 29.3 Å². The van der Waals surface area contributed by atoms with Crippen LogP contribution in [-0.2, 0) is 12.8 Å². The molecule has 0 saturated heterocycles. The van der Waals surface area contributed by atoms with E-state index in [4.69, 9.17) is 0 Å². The van der Waals surface area contributed by atoms with E-state index < -0.39 is 0 Å². The predicted molar refractivity (Wildman–Crippen MR) is 114 cm³/mol. The minimum Gasteiger partial charge on any atom is -0.508 e. The summed E-state index contributed by atoms with van der Waals surface area (Å²) < 4.78 is 0. The largest absolute Gasteiger partial charge is 0.508 e. The molecule has 1 aliphatic rings. The fraction of sp³-hybridized carbons (Fsp3) is 0.727. The normalized spacial score (nSPS) is 16.3. The van der Waals surface area contributed by atoms with E-state index in [0.717, 1.165) is 19.4 Å². The zero-order valence-electron chi connectivity index (χ0n) is 16.1. The third-order valence-corrected chi connectivity index (χ3v) is 5.38. The number of phenolic OH excluding ortho intramolecular Hbond substituents is 1. The highest BCUT2D eigenvalue weighted by Gasteiger charge is 2.18. The molecule has 2 rings (SSSR count). The van der Waals surface area contributed by atoms with Gasteiger partial charge in [-0.05, 0) is 55.5 Å². The van der Waals surface area contributed by atoms with Gasteiger partial charge in [0.15, 0.2) is 0 Å². The van der Waals surface area contributed by atoms with Crippen molar-refractivity contribution in [3.63, 3.8) is 0 Å². The molecule has 3 heteroatoms. The second-order valence-corrected chi connectivity index (χ2v) is 7.53. The van der Waals surface area contributed by atoms with E-state index in [9.17, 15) is 5.11 Å². The minimum absolute atomic E-state index is 0. The van der Waals surface area contributed by atoms with Crippen LogP contribution in [0, 0.1) is 0 Å². The summed E-state index contributed by atoms with van der Waals surface area (Å²) >= 11 is 0. The molecule has 0 spiro atoms. The van der Waals surface area contributed by atoms with Crippen molar-refractivity contribution in [3.8, 4) is 5.75 Å². The standard InChI is InChI=1S/C22H37NO.BrH/c1-2-3-4-5-6-7-8-9-10-11-16-23-21-14-12-19-13-15-22(24)18-20(19)17-21;/h13,15,18,21,23-24H,2-12,14,16-17H2,1H3;1H. The molecule has 0 amide bonds. The Labute approximate surface area is 165 Å². The zero-order valence-corrected chi connectivity index (χ0v) is 17.8. The number of fused-ring (bicyclic) bond motifs is 1. The van der Waals surface area contributed by atoms with Crippen LogP contribution in [0.2, 0.25) is 0 Å². The summed E-state index contributed by atoms with van der Waals surface area (Å²) in [6.45, 7) is 3.43. The number of phenols is 1. The molecule has 0 fully saturated rings. The monoisotopic (exact) mass is 411 g/mol. The van der Waals surface area contributed by atoms with Crippen LogP contribution in [0.25, 0.3) is 0 Å². The average Bonchev–Trinajstić information content (AvgIpc) is 2.59. The van der Waals surface area contributed by atoms with Crippen LogP contribution >= 0.6 is 17.0 Å². The van der Waals surface area contributed by atoms with Crippen LogP contribution in [0.3, 0.4) is 0 Å². The minimum atomic E-state index is 0. The van der Waals surface area contributed by atoms with E-state index in [1.807, 2.05) is 12.1 Å². The SMILES string of the molecule is Br.CCCCCCCCCCCCNC1CCc2ccc(O)cc2C1. The number of unbranched alkanes of at least 4 members (excludes halogenated alkanes) is 9. The predicted octanol–water partition coefficient (Wildman–Crippen LogP) is 6.34. The number of benzene rings is 1. The highest BCUT2D eigenvalue weighted by Crippen LogP contribution is 2.25. The van der Waals surface area contributed by atoms with E-state index >= 15 is 0 Å². The first-order chi connectivity index (χ1) is 11.8. The fourth-order valence-electron chi connectivity index (χ4n) is 3.84. The van der Waals surface area contributed by atoms with E-state index in [0.29, 0.717) is 11.8 Å². The van der Waals surface area contributed by atoms with Crippen molar-refractivity contribution in [2.45, 2.75) is 96.4 Å². The van der Waals surface area contributed by atoms with E-state index in [2.05, 4.69) is 18.3 Å². The summed E-state index contributed by atoms with van der Waals surface area (Å²) in [7, 11) is 0. The third kappa shape index (κ3) is 9.10. The van der Waals surface area contributed by atoms with Gasteiger partial charge in [-0.1, -0.05) is 70.8 Å². The Hall–Kier alpha value is -0.540. The topological polar surface area (TPSA) is 32.3 Å². The molecule has 0 aromatic heterocycles. The van der Waals surface area contributed by atoms with Gasteiger partial charge in [0.05, 0.1) is 0 Å². The lowest BCUT2D eigenvalue weighted by Crippen LogP contribution is -2.35. The number of halogens is 1. The second kappa shape index (κ2) is 13.6. The molecule has 0 bridgehead atoms. The van der Waals surface area contributed by atoms with Gasteiger partial charge in [-0.2, -0.15) is 0 Å². The number of aromatic hydroxyl groups is 1. The molecule has 2 N–H and O–H groups in total. The van der Waals surface area contributed by atoms with Gasteiger partial charge in [-0.25, -0.2) is 0 Å². The maximum absolute atomic E-state index is 9.63. The van der Waals surface area contributed by atoms with Gasteiger partial charge >= 0.3 is 0 Å². The van der Waals surface area contributed by atoms with Crippen molar-refractivity contribution in [1.82, 2.24) is 5.32 Å². The number of aryl methyl sites for hydroxylation is 1. The summed E-state index contributed by atoms with van der Waals surface area (Å²) in [5.41, 5.74) is 2.76. The van der Waals surface area contributed by atoms with Gasteiger partial charge in [0, 0.05) is 6.04 Å². The molecule has 0 heterocycles. The number of hydrogen-bond acceptors (Lipinski definition) is 2. The van der Waals surface area contributed by atoms with Crippen molar-refractivity contribution in [2.75, 3.05) is 6.54 Å². The molecule has 0 radical (unpaired) electrons. The molecule has 1 atom stereocenters. The molecule has 1 unspecified atom stereocenters. The molecular weight excluding hydrogens is 374 g/mol. The fourth-order valence-corrected chi connectivity index (χ4v) is 3.84. The Bertz CT molecular complexity index is 463. The van der Waals surface area contributed by atoms with E-state index in [-0.39, 0.29) is 17.0 Å². The van der Waals surface area contributed by atoms with Crippen LogP contribution in [-0.4, -0.2) is 17.7 Å². The molecular formula is C22H38BrNO. The second-order valence-electron chi connectivity index (χ2n) is 7.53. The summed E-state index contributed by atoms with van der Waals surface area (Å²) in [6, 6.07) is 6.45. The quantitative estimate of drug-likeness (QED) is 0.393. The lowest BCUT2D eigenvalue weighted by molar-refractivity contribution is 0.440. The molecule has 2 nitrogen and oxygen atoms in total. The maximum atomic E-state index is 9.63. The Morgan fingerprint density at radius 3 is 2.24 bits per heavy atom. The van der Waals surface area contributed by atoms with Crippen LogP contribution < -0.4 is 5.32 Å². The molecule has 1 aliphatic carbocycles. The Balaban J connectivity index is 0.00000312. The van der Waals surface area contributed by atoms with E-state index in [1.165, 1.54) is 81.8 Å². The highest BCUT2D eigenvalue weighted by atomic mass is 79.9. The molecule has 0 aliphatic heterocycles. The van der Waals surface area contributed by atoms with Crippen LogP contribution in [0.15, 0.2) is 18.2 Å². The third-order valence-electron chi connectivity index (χ3n) is 5.38. The van der Waals surface area contributed by atoms with E-state index in [1.54, 1.807) is 0 Å². The molecule has 1 aromatic carbocycles. The van der Waals surface area contributed by atoms with Crippen molar-refractivity contribution in [1.29, 1.82) is 0 Å². The molecule has 0 saturated carbocycles. The summed E-state index contributed by atoms with van der Waals surface area (Å²) in [4.78, 5) is 0. The Morgan fingerprint density at radius 1 is 0.920 bits per heavy atom. The lowest BCUT2D eigenvalue weighted by atomic mass is 9.88. The zero-order chi connectivity index (χ0) is 17.0. The van der Waals surface area contributed by atoms with Gasteiger partial charge in [0.1, 0.15) is 5.75 Å². The first-order valence-corrected chi connectivity index (χ1v) is 10.3. The number of rotatable bonds is 12. The lowest BCUT2D eigenvalue weighted by Gasteiger charge is -2.25. The summed E-state index contributed by atoms with van der Waals surface area (Å²) in [5, 5.41) is 13.4. The van der Waals surface area contributed by atoms with Crippen LogP contribution in [0.5, 0.6) is 5.75 Å². The number of nitrogens with one attached hydrogen (secondary N) is 1. The first-order valence-electron chi connectivity index (χ1n) is 10.3. The van der Waals surface area contributed by atoms with Crippen molar-refractivity contribution in [2.24, 2.45) is 0 Å². The van der Waals surface area contributed by atoms with Crippen LogP contribution in [0.1, 0.15) is 88.7 Å². The Kier molecular flexibility index (Phi) is 12.3. The van der Waals surface area contributed by atoms with Crippen molar-refractivity contribution >= 4 is 17.0 Å². The van der Waals surface area contributed by atoms with Gasteiger partial charge in [-0.3, -0.25) is 0 Å². The van der Waals surface area contributed by atoms with Crippen molar-refractivity contribution < 1.29 is 5.11 Å². The molecule has 144 valence electrons. The molecule has 25 heavy (non-hydrogen) atoms. The summed E-state index contributed by atoms with van der Waals surface area (Å²) in [6.07, 6.45) is 17.4. The number of hydrogen-bond donors (Lipinski definition) is 2. The average molecular weight is 412 g/mol.